The summed E-state index contributed by atoms with van der Waals surface area (Å²) in [5.74, 6) is 0.771. The van der Waals surface area contributed by atoms with Gasteiger partial charge in [0.25, 0.3) is 5.91 Å². The van der Waals surface area contributed by atoms with Gasteiger partial charge in [0.15, 0.2) is 0 Å². The minimum absolute atomic E-state index is 0.0548. The van der Waals surface area contributed by atoms with Crippen molar-refractivity contribution in [1.82, 2.24) is 24.6 Å². The molecule has 1 atom stereocenters. The molecule has 0 spiro atoms. The molecule has 1 aliphatic heterocycles. The van der Waals surface area contributed by atoms with Crippen molar-refractivity contribution < 1.29 is 9.53 Å². The van der Waals surface area contributed by atoms with Gasteiger partial charge in [0.05, 0.1) is 18.8 Å². The minimum atomic E-state index is -0.366. The van der Waals surface area contributed by atoms with E-state index in [0.29, 0.717) is 42.8 Å². The van der Waals surface area contributed by atoms with Gasteiger partial charge < -0.3 is 15.4 Å². The maximum atomic E-state index is 12.9. The Morgan fingerprint density at radius 2 is 2.16 bits per heavy atom. The number of amides is 1. The highest BCUT2D eigenvalue weighted by atomic mass is 16.5. The molecule has 2 aromatic heterocycles. The van der Waals surface area contributed by atoms with Crippen molar-refractivity contribution in [2.75, 3.05) is 25.4 Å². The number of carbonyl (C=O) groups excluding carboxylic acids is 1. The van der Waals surface area contributed by atoms with Crippen LogP contribution < -0.4 is 5.73 Å². The molecule has 0 unspecified atom stereocenters. The van der Waals surface area contributed by atoms with Crippen LogP contribution in [0.3, 0.4) is 0 Å². The number of anilines is 1. The lowest BCUT2D eigenvalue weighted by Gasteiger charge is -2.32. The molecule has 134 valence electrons. The van der Waals surface area contributed by atoms with Gasteiger partial charge in [-0.1, -0.05) is 13.8 Å². The molecule has 2 N–H and O–H groups in total. The molecule has 0 radical (unpaired) electrons. The van der Waals surface area contributed by atoms with Crippen molar-refractivity contribution in [3.8, 4) is 0 Å². The standard InChI is InChI=1S/C17H24N6O2/c1-11(2)8-12-9-13(22(3)21-12)17(24)23-6-7-25-14(10-23)15-16(18)20-5-4-19-15/h4-5,9,11,14H,6-8,10H2,1-3H3,(H2,18,20)/t14-/m0/s1. The van der Waals surface area contributed by atoms with Gasteiger partial charge in [-0.2, -0.15) is 5.10 Å². The smallest absolute Gasteiger partial charge is 0.272 e. The summed E-state index contributed by atoms with van der Waals surface area (Å²) < 4.78 is 7.40. The fourth-order valence-electron chi connectivity index (χ4n) is 3.01. The molecule has 25 heavy (non-hydrogen) atoms. The van der Waals surface area contributed by atoms with Gasteiger partial charge in [-0.05, 0) is 18.4 Å². The first-order valence-electron chi connectivity index (χ1n) is 8.46. The molecule has 3 heterocycles. The van der Waals surface area contributed by atoms with Crippen molar-refractivity contribution in [3.63, 3.8) is 0 Å². The molecule has 1 amide bonds. The molecule has 0 bridgehead atoms. The number of carbonyl (C=O) groups is 1. The summed E-state index contributed by atoms with van der Waals surface area (Å²) in [5, 5.41) is 4.45. The number of aryl methyl sites for hydroxylation is 1. The first kappa shape index (κ1) is 17.3. The average Bonchev–Trinajstić information content (AvgIpc) is 2.94. The van der Waals surface area contributed by atoms with E-state index in [0.717, 1.165) is 12.1 Å². The second-order valence-electron chi connectivity index (χ2n) is 6.68. The van der Waals surface area contributed by atoms with Crippen LogP contribution in [0.5, 0.6) is 0 Å². The van der Waals surface area contributed by atoms with Gasteiger partial charge in [-0.3, -0.25) is 14.5 Å². The zero-order valence-corrected chi connectivity index (χ0v) is 14.8. The van der Waals surface area contributed by atoms with Gasteiger partial charge in [0.2, 0.25) is 0 Å². The second-order valence-corrected chi connectivity index (χ2v) is 6.68. The van der Waals surface area contributed by atoms with Crippen LogP contribution in [0, 0.1) is 5.92 Å². The van der Waals surface area contributed by atoms with Gasteiger partial charge >= 0.3 is 0 Å². The Morgan fingerprint density at radius 3 is 2.88 bits per heavy atom. The van der Waals surface area contributed by atoms with Crippen molar-refractivity contribution >= 4 is 11.7 Å². The van der Waals surface area contributed by atoms with E-state index >= 15 is 0 Å². The summed E-state index contributed by atoms with van der Waals surface area (Å²) in [6.07, 6.45) is 3.60. The topological polar surface area (TPSA) is 99.2 Å². The lowest BCUT2D eigenvalue weighted by molar-refractivity contribution is -0.0248. The van der Waals surface area contributed by atoms with Gasteiger partial charge in [0.1, 0.15) is 23.3 Å². The molecule has 0 saturated carbocycles. The number of nitrogens with two attached hydrogens (primary N) is 1. The zero-order valence-electron chi connectivity index (χ0n) is 14.8. The lowest BCUT2D eigenvalue weighted by Crippen LogP contribution is -2.43. The number of hydrogen-bond acceptors (Lipinski definition) is 6. The number of morpholine rings is 1. The van der Waals surface area contributed by atoms with Crippen LogP contribution in [-0.4, -0.2) is 50.3 Å². The van der Waals surface area contributed by atoms with E-state index in [-0.39, 0.29) is 12.0 Å². The molecule has 1 saturated heterocycles. The van der Waals surface area contributed by atoms with E-state index in [1.165, 1.54) is 6.20 Å². The normalized spacial score (nSPS) is 17.9. The average molecular weight is 344 g/mol. The Labute approximate surface area is 147 Å². The molecular formula is C17H24N6O2. The molecule has 0 aliphatic carbocycles. The summed E-state index contributed by atoms with van der Waals surface area (Å²) in [4.78, 5) is 23.0. The van der Waals surface area contributed by atoms with Crippen LogP contribution in [0.2, 0.25) is 0 Å². The summed E-state index contributed by atoms with van der Waals surface area (Å²) in [5.41, 5.74) is 7.98. The molecule has 8 nitrogen and oxygen atoms in total. The van der Waals surface area contributed by atoms with Crippen molar-refractivity contribution in [2.24, 2.45) is 13.0 Å². The van der Waals surface area contributed by atoms with Gasteiger partial charge in [0, 0.05) is 26.0 Å². The highest BCUT2D eigenvalue weighted by Crippen LogP contribution is 2.24. The zero-order chi connectivity index (χ0) is 18.0. The maximum Gasteiger partial charge on any atom is 0.272 e. The summed E-state index contributed by atoms with van der Waals surface area (Å²) in [6.45, 7) is 5.62. The molecule has 1 fully saturated rings. The van der Waals surface area contributed by atoms with E-state index in [2.05, 4.69) is 28.9 Å². The van der Waals surface area contributed by atoms with E-state index in [1.807, 2.05) is 6.07 Å². The largest absolute Gasteiger partial charge is 0.382 e. The first-order chi connectivity index (χ1) is 12.0. The molecular weight excluding hydrogens is 320 g/mol. The Balaban J connectivity index is 1.76. The SMILES string of the molecule is CC(C)Cc1cc(C(=O)N2CCO[C@H](c3nccnc3N)C2)n(C)n1. The predicted molar refractivity (Wildman–Crippen MR) is 92.8 cm³/mol. The summed E-state index contributed by atoms with van der Waals surface area (Å²) >= 11 is 0. The minimum Gasteiger partial charge on any atom is -0.382 e. The quantitative estimate of drug-likeness (QED) is 0.895. The van der Waals surface area contributed by atoms with E-state index in [9.17, 15) is 4.79 Å². The second kappa shape index (κ2) is 7.18. The number of nitrogens with zero attached hydrogens (tertiary/aromatic N) is 5. The monoisotopic (exact) mass is 344 g/mol. The highest BCUT2D eigenvalue weighted by Gasteiger charge is 2.30. The van der Waals surface area contributed by atoms with Gasteiger partial charge in [-0.25, -0.2) is 4.98 Å². The highest BCUT2D eigenvalue weighted by molar-refractivity contribution is 5.92. The van der Waals surface area contributed by atoms with Crippen LogP contribution in [0.25, 0.3) is 0 Å². The fourth-order valence-corrected chi connectivity index (χ4v) is 3.01. The van der Waals surface area contributed by atoms with Crippen LogP contribution in [0.15, 0.2) is 18.5 Å². The number of ether oxygens (including phenoxy) is 1. The predicted octanol–water partition coefficient (Wildman–Crippen LogP) is 1.20. The number of nitrogen functional groups attached to an aromatic ring is 1. The van der Waals surface area contributed by atoms with Crippen LogP contribution in [0.4, 0.5) is 5.82 Å². The Bertz CT molecular complexity index is 757. The van der Waals surface area contributed by atoms with Crippen molar-refractivity contribution in [3.05, 3.63) is 35.5 Å². The Kier molecular flexibility index (Phi) is 4.98. The fraction of sp³-hybridized carbons (Fsp3) is 0.529. The third-order valence-electron chi connectivity index (χ3n) is 4.18. The molecule has 2 aromatic rings. The maximum absolute atomic E-state index is 12.9. The lowest BCUT2D eigenvalue weighted by atomic mass is 10.1. The van der Waals surface area contributed by atoms with Crippen LogP contribution in [0.1, 0.15) is 41.8 Å². The first-order valence-corrected chi connectivity index (χ1v) is 8.46. The van der Waals surface area contributed by atoms with E-state index in [1.54, 1.807) is 22.8 Å². The summed E-state index contributed by atoms with van der Waals surface area (Å²) in [6, 6.07) is 1.88. The third-order valence-corrected chi connectivity index (χ3v) is 4.18. The third kappa shape index (κ3) is 3.79. The molecule has 3 rings (SSSR count). The summed E-state index contributed by atoms with van der Waals surface area (Å²) in [7, 11) is 1.80. The van der Waals surface area contributed by atoms with E-state index < -0.39 is 0 Å². The molecule has 8 heteroatoms. The van der Waals surface area contributed by atoms with Gasteiger partial charge in [-0.15, -0.1) is 0 Å². The number of rotatable bonds is 4. The molecule has 0 aromatic carbocycles. The van der Waals surface area contributed by atoms with Crippen molar-refractivity contribution in [1.29, 1.82) is 0 Å². The van der Waals surface area contributed by atoms with E-state index in [4.69, 9.17) is 10.5 Å². The van der Waals surface area contributed by atoms with Crippen molar-refractivity contribution in [2.45, 2.75) is 26.4 Å². The molecule has 1 aliphatic rings. The van der Waals surface area contributed by atoms with Crippen LogP contribution in [-0.2, 0) is 18.2 Å². The Hall–Kier alpha value is -2.48. The van der Waals surface area contributed by atoms with Crippen LogP contribution >= 0.6 is 0 Å². The number of hydrogen-bond donors (Lipinski definition) is 1. The Morgan fingerprint density at radius 1 is 1.40 bits per heavy atom. The number of aromatic nitrogens is 4.